The smallest absolute Gasteiger partial charge is 0.323 e. The molecule has 0 spiro atoms. The molecule has 1 atom stereocenters. The highest BCUT2D eigenvalue weighted by atomic mass is 16.4. The fourth-order valence-corrected chi connectivity index (χ4v) is 2.46. The number of imidazole rings is 1. The van der Waals surface area contributed by atoms with Crippen molar-refractivity contribution < 1.29 is 9.90 Å². The van der Waals surface area contributed by atoms with E-state index in [1.165, 1.54) is 0 Å². The Morgan fingerprint density at radius 2 is 2.37 bits per heavy atom. The van der Waals surface area contributed by atoms with Crippen molar-refractivity contribution in [2.75, 3.05) is 19.6 Å². The molecule has 0 saturated carbocycles. The van der Waals surface area contributed by atoms with E-state index in [-0.39, 0.29) is 0 Å². The zero-order valence-corrected chi connectivity index (χ0v) is 11.6. The Hall–Kier alpha value is -1.40. The predicted molar refractivity (Wildman–Crippen MR) is 71.8 cm³/mol. The summed E-state index contributed by atoms with van der Waals surface area (Å²) >= 11 is 0. The minimum atomic E-state index is -0.846. The maximum Gasteiger partial charge on any atom is 0.323 e. The van der Waals surface area contributed by atoms with Gasteiger partial charge in [-0.05, 0) is 19.9 Å². The first-order valence-electron chi connectivity index (χ1n) is 6.76. The summed E-state index contributed by atoms with van der Waals surface area (Å²) in [6, 6.07) is 0. The molecule has 1 aliphatic rings. The fourth-order valence-electron chi connectivity index (χ4n) is 2.46. The molecule has 0 radical (unpaired) electrons. The van der Waals surface area contributed by atoms with E-state index in [9.17, 15) is 9.90 Å². The second-order valence-corrected chi connectivity index (χ2v) is 5.23. The Labute approximate surface area is 113 Å². The molecule has 0 aliphatic carbocycles. The first kappa shape index (κ1) is 14.0. The summed E-state index contributed by atoms with van der Waals surface area (Å²) in [5, 5.41) is 12.4. The molecule has 1 aromatic rings. The third kappa shape index (κ3) is 3.13. The number of aliphatic carboxylic acids is 1. The van der Waals surface area contributed by atoms with Gasteiger partial charge in [-0.15, -0.1) is 0 Å². The van der Waals surface area contributed by atoms with Crippen molar-refractivity contribution >= 4 is 5.97 Å². The lowest BCUT2D eigenvalue weighted by atomic mass is 9.97. The van der Waals surface area contributed by atoms with E-state index >= 15 is 0 Å². The van der Waals surface area contributed by atoms with Crippen LogP contribution in [-0.2, 0) is 17.9 Å². The van der Waals surface area contributed by atoms with Crippen molar-refractivity contribution in [1.29, 1.82) is 0 Å². The monoisotopic (exact) mass is 266 g/mol. The van der Waals surface area contributed by atoms with Crippen LogP contribution in [0.3, 0.4) is 0 Å². The number of aromatic nitrogens is 2. The topological polar surface area (TPSA) is 70.4 Å². The largest absolute Gasteiger partial charge is 0.480 e. The SMILES string of the molecule is CCNC(C)(CCN1CCn2ccnc2C1)C(=O)O. The van der Waals surface area contributed by atoms with Crippen molar-refractivity contribution in [2.45, 2.75) is 38.9 Å². The number of fused-ring (bicyclic) bond motifs is 1. The van der Waals surface area contributed by atoms with Gasteiger partial charge in [0.15, 0.2) is 0 Å². The van der Waals surface area contributed by atoms with Crippen molar-refractivity contribution in [2.24, 2.45) is 0 Å². The Balaban J connectivity index is 1.90. The van der Waals surface area contributed by atoms with Crippen LogP contribution in [0.25, 0.3) is 0 Å². The van der Waals surface area contributed by atoms with Crippen molar-refractivity contribution in [3.8, 4) is 0 Å². The zero-order chi connectivity index (χ0) is 13.9. The molecule has 6 heteroatoms. The maximum atomic E-state index is 11.3. The number of likely N-dealkylation sites (N-methyl/N-ethyl adjacent to an activating group) is 1. The van der Waals surface area contributed by atoms with Gasteiger partial charge in [0.25, 0.3) is 0 Å². The summed E-state index contributed by atoms with van der Waals surface area (Å²) in [4.78, 5) is 17.9. The normalized spacial score (nSPS) is 18.8. The number of hydrogen-bond acceptors (Lipinski definition) is 4. The average molecular weight is 266 g/mol. The molecule has 2 rings (SSSR count). The van der Waals surface area contributed by atoms with Gasteiger partial charge in [0.1, 0.15) is 11.4 Å². The van der Waals surface area contributed by atoms with E-state index in [4.69, 9.17) is 0 Å². The number of carboxylic acids is 1. The molecule has 0 saturated heterocycles. The van der Waals surface area contributed by atoms with Crippen LogP contribution in [-0.4, -0.2) is 50.7 Å². The molecule has 0 bridgehead atoms. The van der Waals surface area contributed by atoms with Gasteiger partial charge in [-0.2, -0.15) is 0 Å². The Kier molecular flexibility index (Phi) is 4.21. The summed E-state index contributed by atoms with van der Waals surface area (Å²) in [7, 11) is 0. The molecule has 1 aliphatic heterocycles. The standard InChI is InChI=1S/C13H22N4O2/c1-3-15-13(2,12(18)19)4-6-16-8-9-17-7-5-14-11(17)10-16/h5,7,15H,3-4,6,8-10H2,1-2H3,(H,18,19). The average Bonchev–Trinajstić information content (AvgIpc) is 2.84. The highest BCUT2D eigenvalue weighted by molar-refractivity contribution is 5.78. The van der Waals surface area contributed by atoms with Crippen LogP contribution in [0.2, 0.25) is 0 Å². The lowest BCUT2D eigenvalue weighted by Gasteiger charge is -2.32. The number of hydrogen-bond donors (Lipinski definition) is 2. The van der Waals surface area contributed by atoms with Crippen LogP contribution >= 0.6 is 0 Å². The number of rotatable bonds is 6. The summed E-state index contributed by atoms with van der Waals surface area (Å²) < 4.78 is 2.15. The molecule has 1 unspecified atom stereocenters. The van der Waals surface area contributed by atoms with Crippen molar-refractivity contribution in [1.82, 2.24) is 19.8 Å². The first-order valence-corrected chi connectivity index (χ1v) is 6.76. The summed E-state index contributed by atoms with van der Waals surface area (Å²) in [6.07, 6.45) is 4.41. The lowest BCUT2D eigenvalue weighted by molar-refractivity contribution is -0.144. The Morgan fingerprint density at radius 1 is 1.58 bits per heavy atom. The van der Waals surface area contributed by atoms with Crippen LogP contribution in [0, 0.1) is 0 Å². The molecule has 1 aromatic heterocycles. The number of carboxylic acid groups (broad SMARTS) is 1. The third-order valence-corrected chi connectivity index (χ3v) is 3.79. The van der Waals surface area contributed by atoms with Crippen LogP contribution in [0.4, 0.5) is 0 Å². The molecular weight excluding hydrogens is 244 g/mol. The van der Waals surface area contributed by atoms with Gasteiger partial charge in [-0.1, -0.05) is 6.92 Å². The highest BCUT2D eigenvalue weighted by Crippen LogP contribution is 2.15. The van der Waals surface area contributed by atoms with Gasteiger partial charge in [-0.25, -0.2) is 4.98 Å². The van der Waals surface area contributed by atoms with E-state index in [1.807, 2.05) is 19.3 Å². The fraction of sp³-hybridized carbons (Fsp3) is 0.692. The second-order valence-electron chi connectivity index (χ2n) is 5.23. The highest BCUT2D eigenvalue weighted by Gasteiger charge is 2.32. The molecular formula is C13H22N4O2. The number of nitrogens with zero attached hydrogens (tertiary/aromatic N) is 3. The van der Waals surface area contributed by atoms with Gasteiger partial charge in [0.05, 0.1) is 6.54 Å². The van der Waals surface area contributed by atoms with Gasteiger partial charge in [0.2, 0.25) is 0 Å². The molecule has 2 N–H and O–H groups in total. The number of nitrogens with one attached hydrogen (secondary N) is 1. The summed E-state index contributed by atoms with van der Waals surface area (Å²) in [5.74, 6) is 0.277. The van der Waals surface area contributed by atoms with Gasteiger partial charge >= 0.3 is 5.97 Å². The summed E-state index contributed by atoms with van der Waals surface area (Å²) in [6.45, 7) is 7.79. The molecule has 0 fully saturated rings. The third-order valence-electron chi connectivity index (χ3n) is 3.79. The Morgan fingerprint density at radius 3 is 3.05 bits per heavy atom. The zero-order valence-electron chi connectivity index (χ0n) is 11.6. The van der Waals surface area contributed by atoms with Crippen molar-refractivity contribution in [3.05, 3.63) is 18.2 Å². The van der Waals surface area contributed by atoms with Crippen LogP contribution < -0.4 is 5.32 Å². The second kappa shape index (κ2) is 5.71. The molecule has 19 heavy (non-hydrogen) atoms. The van der Waals surface area contributed by atoms with E-state index in [0.29, 0.717) is 13.0 Å². The van der Waals surface area contributed by atoms with E-state index < -0.39 is 11.5 Å². The molecule has 0 aromatic carbocycles. The van der Waals surface area contributed by atoms with E-state index in [0.717, 1.165) is 32.0 Å². The molecule has 6 nitrogen and oxygen atoms in total. The van der Waals surface area contributed by atoms with Crippen LogP contribution in [0.5, 0.6) is 0 Å². The van der Waals surface area contributed by atoms with Crippen molar-refractivity contribution in [3.63, 3.8) is 0 Å². The van der Waals surface area contributed by atoms with Gasteiger partial charge in [0, 0.05) is 32.0 Å². The maximum absolute atomic E-state index is 11.3. The van der Waals surface area contributed by atoms with Crippen LogP contribution in [0.1, 0.15) is 26.1 Å². The lowest BCUT2D eigenvalue weighted by Crippen LogP contribution is -2.51. The number of carbonyl (C=O) groups is 1. The molecule has 0 amide bonds. The quantitative estimate of drug-likeness (QED) is 0.786. The van der Waals surface area contributed by atoms with E-state index in [1.54, 1.807) is 6.92 Å². The minimum Gasteiger partial charge on any atom is -0.480 e. The summed E-state index contributed by atoms with van der Waals surface area (Å²) in [5.41, 5.74) is -0.846. The predicted octanol–water partition coefficient (Wildman–Crippen LogP) is 0.542. The molecule has 2 heterocycles. The van der Waals surface area contributed by atoms with Gasteiger partial charge < -0.3 is 15.0 Å². The molecule has 106 valence electrons. The van der Waals surface area contributed by atoms with Gasteiger partial charge in [-0.3, -0.25) is 9.69 Å². The van der Waals surface area contributed by atoms with E-state index in [2.05, 4.69) is 19.8 Å². The minimum absolute atomic E-state index is 0.594. The Bertz CT molecular complexity index is 446. The first-order chi connectivity index (χ1) is 9.05. The van der Waals surface area contributed by atoms with Crippen LogP contribution in [0.15, 0.2) is 12.4 Å².